The summed E-state index contributed by atoms with van der Waals surface area (Å²) in [6.45, 7) is 1.14. The van der Waals surface area contributed by atoms with Gasteiger partial charge < -0.3 is 10.4 Å². The Labute approximate surface area is 136 Å². The SMILES string of the molecule is OCCCSCCNc1ccnc2c(Cl)cc(Br)cc12. The summed E-state index contributed by atoms with van der Waals surface area (Å²) in [5.41, 5.74) is 1.86. The minimum absolute atomic E-state index is 0.266. The molecular weight excluding hydrogens is 360 g/mol. The lowest BCUT2D eigenvalue weighted by molar-refractivity contribution is 0.296. The standard InChI is InChI=1S/C14H16BrClN2OS/c15-10-8-11-13(17-4-7-20-6-1-5-19)2-3-18-14(11)12(16)9-10/h2-3,8-9,19H,1,4-7H2,(H,17,18). The van der Waals surface area contributed by atoms with E-state index in [-0.39, 0.29) is 6.61 Å². The third kappa shape index (κ3) is 4.25. The molecule has 2 rings (SSSR count). The highest BCUT2D eigenvalue weighted by molar-refractivity contribution is 9.10. The molecule has 1 aromatic heterocycles. The van der Waals surface area contributed by atoms with E-state index in [9.17, 15) is 0 Å². The number of rotatable bonds is 7. The predicted molar refractivity (Wildman–Crippen MR) is 92.0 cm³/mol. The first-order chi connectivity index (χ1) is 9.72. The van der Waals surface area contributed by atoms with E-state index in [0.717, 1.165) is 45.5 Å². The number of hydrogen-bond donors (Lipinski definition) is 2. The number of aliphatic hydroxyl groups is 1. The summed E-state index contributed by atoms with van der Waals surface area (Å²) in [5, 5.41) is 13.8. The van der Waals surface area contributed by atoms with Crippen LogP contribution in [-0.4, -0.2) is 34.7 Å². The number of nitrogens with zero attached hydrogens (tertiary/aromatic N) is 1. The molecule has 2 aromatic rings. The predicted octanol–water partition coefficient (Wildman–Crippen LogP) is 4.18. The number of fused-ring (bicyclic) bond motifs is 1. The molecule has 1 heterocycles. The third-order valence-corrected chi connectivity index (χ3v) is 4.59. The fourth-order valence-electron chi connectivity index (χ4n) is 1.86. The summed E-state index contributed by atoms with van der Waals surface area (Å²) < 4.78 is 0.948. The first-order valence-electron chi connectivity index (χ1n) is 6.38. The Morgan fingerprint density at radius 1 is 1.35 bits per heavy atom. The quantitative estimate of drug-likeness (QED) is 0.713. The van der Waals surface area contributed by atoms with Crippen molar-refractivity contribution in [1.29, 1.82) is 0 Å². The van der Waals surface area contributed by atoms with Crippen LogP contribution in [0.4, 0.5) is 5.69 Å². The molecule has 0 fully saturated rings. The highest BCUT2D eigenvalue weighted by atomic mass is 79.9. The summed E-state index contributed by atoms with van der Waals surface area (Å²) in [7, 11) is 0. The molecule has 0 bridgehead atoms. The molecule has 0 atom stereocenters. The van der Waals surface area contributed by atoms with Crippen molar-refractivity contribution in [3.05, 3.63) is 33.9 Å². The van der Waals surface area contributed by atoms with Crippen LogP contribution in [0.15, 0.2) is 28.9 Å². The highest BCUT2D eigenvalue weighted by Gasteiger charge is 2.06. The van der Waals surface area contributed by atoms with Crippen LogP contribution in [0.3, 0.4) is 0 Å². The second-order valence-electron chi connectivity index (χ2n) is 4.26. The van der Waals surface area contributed by atoms with E-state index in [2.05, 4.69) is 26.2 Å². The van der Waals surface area contributed by atoms with E-state index in [1.54, 1.807) is 6.20 Å². The van der Waals surface area contributed by atoms with E-state index in [1.165, 1.54) is 0 Å². The van der Waals surface area contributed by atoms with Gasteiger partial charge in [-0.15, -0.1) is 0 Å². The van der Waals surface area contributed by atoms with E-state index < -0.39 is 0 Å². The molecule has 1 aromatic carbocycles. The number of hydrogen-bond acceptors (Lipinski definition) is 4. The number of anilines is 1. The molecule has 6 heteroatoms. The maximum absolute atomic E-state index is 8.72. The molecule has 2 N–H and O–H groups in total. The Bertz CT molecular complexity index is 582. The molecule has 0 saturated heterocycles. The normalized spacial score (nSPS) is 10.9. The topological polar surface area (TPSA) is 45.1 Å². The van der Waals surface area contributed by atoms with Gasteiger partial charge in [0, 0.05) is 40.6 Å². The number of pyridine rings is 1. The van der Waals surface area contributed by atoms with Gasteiger partial charge in [0.25, 0.3) is 0 Å². The summed E-state index contributed by atoms with van der Waals surface area (Å²) in [5.74, 6) is 2.00. The van der Waals surface area contributed by atoms with E-state index >= 15 is 0 Å². The van der Waals surface area contributed by atoms with E-state index in [4.69, 9.17) is 16.7 Å². The van der Waals surface area contributed by atoms with Gasteiger partial charge in [-0.1, -0.05) is 27.5 Å². The molecule has 3 nitrogen and oxygen atoms in total. The molecule has 20 heavy (non-hydrogen) atoms. The molecule has 0 aliphatic heterocycles. The molecule has 0 aliphatic carbocycles. The average molecular weight is 376 g/mol. The first kappa shape index (κ1) is 15.9. The fourth-order valence-corrected chi connectivity index (χ4v) is 3.50. The van der Waals surface area contributed by atoms with Gasteiger partial charge in [-0.05, 0) is 30.4 Å². The number of benzene rings is 1. The van der Waals surface area contributed by atoms with Crippen molar-refractivity contribution in [2.45, 2.75) is 6.42 Å². The van der Waals surface area contributed by atoms with Gasteiger partial charge in [0.2, 0.25) is 0 Å². The van der Waals surface area contributed by atoms with Crippen LogP contribution in [0.2, 0.25) is 5.02 Å². The number of thioether (sulfide) groups is 1. The molecule has 0 unspecified atom stereocenters. The summed E-state index contributed by atoms with van der Waals surface area (Å²) in [4.78, 5) is 4.33. The fraction of sp³-hybridized carbons (Fsp3) is 0.357. The monoisotopic (exact) mass is 374 g/mol. The van der Waals surface area contributed by atoms with Crippen molar-refractivity contribution < 1.29 is 5.11 Å². The Balaban J connectivity index is 2.03. The van der Waals surface area contributed by atoms with Crippen LogP contribution in [0.1, 0.15) is 6.42 Å². The Kier molecular flexibility index (Phi) is 6.42. The number of nitrogens with one attached hydrogen (secondary N) is 1. The van der Waals surface area contributed by atoms with Crippen molar-refractivity contribution in [3.63, 3.8) is 0 Å². The van der Waals surface area contributed by atoms with Crippen LogP contribution < -0.4 is 5.32 Å². The smallest absolute Gasteiger partial charge is 0.0909 e. The van der Waals surface area contributed by atoms with Crippen molar-refractivity contribution >= 4 is 55.9 Å². The lowest BCUT2D eigenvalue weighted by Crippen LogP contribution is -2.05. The van der Waals surface area contributed by atoms with E-state index in [1.807, 2.05) is 30.0 Å². The van der Waals surface area contributed by atoms with Crippen LogP contribution in [0, 0.1) is 0 Å². The van der Waals surface area contributed by atoms with Gasteiger partial charge in [-0.3, -0.25) is 4.98 Å². The second kappa shape index (κ2) is 8.08. The third-order valence-electron chi connectivity index (χ3n) is 2.77. The van der Waals surface area contributed by atoms with Gasteiger partial charge in [-0.2, -0.15) is 11.8 Å². The Hall–Kier alpha value is -0.490. The average Bonchev–Trinajstić information content (AvgIpc) is 2.43. The van der Waals surface area contributed by atoms with Gasteiger partial charge in [0.1, 0.15) is 0 Å². The van der Waals surface area contributed by atoms with Crippen LogP contribution in [0.25, 0.3) is 10.9 Å². The Morgan fingerprint density at radius 2 is 2.20 bits per heavy atom. The van der Waals surface area contributed by atoms with Crippen LogP contribution in [0.5, 0.6) is 0 Å². The van der Waals surface area contributed by atoms with Gasteiger partial charge >= 0.3 is 0 Å². The zero-order valence-corrected chi connectivity index (χ0v) is 14.1. The number of aromatic nitrogens is 1. The van der Waals surface area contributed by atoms with Crippen LogP contribution >= 0.6 is 39.3 Å². The number of aliphatic hydroxyl groups excluding tert-OH is 1. The van der Waals surface area contributed by atoms with Crippen LogP contribution in [-0.2, 0) is 0 Å². The van der Waals surface area contributed by atoms with Gasteiger partial charge in [0.15, 0.2) is 0 Å². The minimum Gasteiger partial charge on any atom is -0.396 e. The van der Waals surface area contributed by atoms with E-state index in [0.29, 0.717) is 5.02 Å². The highest BCUT2D eigenvalue weighted by Crippen LogP contribution is 2.30. The summed E-state index contributed by atoms with van der Waals surface area (Å²) >= 11 is 11.5. The molecular formula is C14H16BrClN2OS. The van der Waals surface area contributed by atoms with Crippen molar-refractivity contribution in [2.75, 3.05) is 30.0 Å². The largest absolute Gasteiger partial charge is 0.396 e. The van der Waals surface area contributed by atoms with Gasteiger partial charge in [-0.25, -0.2) is 0 Å². The van der Waals surface area contributed by atoms with Crippen molar-refractivity contribution in [3.8, 4) is 0 Å². The zero-order chi connectivity index (χ0) is 14.4. The maximum Gasteiger partial charge on any atom is 0.0909 e. The Morgan fingerprint density at radius 3 is 3.00 bits per heavy atom. The molecule has 0 amide bonds. The van der Waals surface area contributed by atoms with Crippen molar-refractivity contribution in [1.82, 2.24) is 4.98 Å². The zero-order valence-electron chi connectivity index (χ0n) is 10.9. The molecule has 108 valence electrons. The lowest BCUT2D eigenvalue weighted by atomic mass is 10.2. The summed E-state index contributed by atoms with van der Waals surface area (Å²) in [6.07, 6.45) is 2.62. The molecule has 0 aliphatic rings. The lowest BCUT2D eigenvalue weighted by Gasteiger charge is -2.10. The molecule has 0 spiro atoms. The number of halogens is 2. The first-order valence-corrected chi connectivity index (χ1v) is 8.71. The summed E-state index contributed by atoms with van der Waals surface area (Å²) in [6, 6.07) is 5.84. The van der Waals surface area contributed by atoms with Gasteiger partial charge in [0.05, 0.1) is 10.5 Å². The molecule has 0 radical (unpaired) electrons. The maximum atomic E-state index is 8.72. The molecule has 0 saturated carbocycles. The second-order valence-corrected chi connectivity index (χ2v) is 6.81. The minimum atomic E-state index is 0.266. The van der Waals surface area contributed by atoms with Crippen molar-refractivity contribution in [2.24, 2.45) is 0 Å².